The van der Waals surface area contributed by atoms with Crippen LogP contribution in [0, 0.1) is 0 Å². The number of Topliss-reactive ketones (excluding diaryl/α,β-unsaturated/α-hetero) is 4. The van der Waals surface area contributed by atoms with E-state index in [0.29, 0.717) is 24.4 Å². The summed E-state index contributed by atoms with van der Waals surface area (Å²) in [5.41, 5.74) is 0.0634. The van der Waals surface area contributed by atoms with Gasteiger partial charge in [0.25, 0.3) is 0 Å². The molecule has 42 heavy (non-hydrogen) atoms. The maximum atomic E-state index is 13.3. The minimum Gasteiger partial charge on any atom is -0.457 e. The van der Waals surface area contributed by atoms with Crippen molar-refractivity contribution in [3.05, 3.63) is 143 Å². The second-order valence-corrected chi connectivity index (χ2v) is 10.4. The molecule has 0 aliphatic heterocycles. The zero-order chi connectivity index (χ0) is 29.6. The van der Waals surface area contributed by atoms with Crippen LogP contribution in [-0.4, -0.2) is 32.9 Å². The molecule has 0 atom stereocenters. The molecular formula is C34H22O6S2. The van der Waals surface area contributed by atoms with Crippen LogP contribution in [0.25, 0.3) is 0 Å². The van der Waals surface area contributed by atoms with Gasteiger partial charge in [-0.25, -0.2) is 0 Å². The van der Waals surface area contributed by atoms with Gasteiger partial charge >= 0.3 is 0 Å². The van der Waals surface area contributed by atoms with Gasteiger partial charge in [-0.3, -0.25) is 19.2 Å². The summed E-state index contributed by atoms with van der Waals surface area (Å²) in [5.74, 6) is -1.89. The molecule has 0 fully saturated rings. The van der Waals surface area contributed by atoms with Crippen LogP contribution in [-0.2, 0) is 0 Å². The number of carbonyl (C=O) groups excluding carboxylic acids is 4. The van der Waals surface area contributed by atoms with Crippen molar-refractivity contribution in [3.8, 4) is 11.5 Å². The zero-order valence-corrected chi connectivity index (χ0v) is 23.7. The molecule has 2 aliphatic carbocycles. The molecule has 3 aromatic rings. The van der Waals surface area contributed by atoms with Crippen LogP contribution in [0.4, 0.5) is 0 Å². The van der Waals surface area contributed by atoms with E-state index in [1.807, 2.05) is 0 Å². The summed E-state index contributed by atoms with van der Waals surface area (Å²) < 4.78 is 11.7. The standard InChI is InChI=1S/C34H22O6S2/c35-31(33(37)27-8-1-3-10-29(27)39-23-12-16-25(41)17-13-23)21-6-5-7-22(20-21)32(36)34(38)28-9-2-4-11-30(28)40-24-14-18-26(42)19-15-24/h1-16,18,20H,17,19H2. The van der Waals surface area contributed by atoms with Gasteiger partial charge in [-0.15, -0.1) is 0 Å². The Bertz CT molecular complexity index is 1660. The molecule has 3 aromatic carbocycles. The first-order chi connectivity index (χ1) is 20.3. The number of hydrogen-bond acceptors (Lipinski definition) is 8. The van der Waals surface area contributed by atoms with Gasteiger partial charge in [0.15, 0.2) is 0 Å². The number of ketones is 4. The van der Waals surface area contributed by atoms with Crippen LogP contribution in [0.5, 0.6) is 11.5 Å². The van der Waals surface area contributed by atoms with E-state index in [1.165, 1.54) is 36.4 Å². The highest BCUT2D eigenvalue weighted by Gasteiger charge is 2.26. The van der Waals surface area contributed by atoms with Crippen molar-refractivity contribution >= 4 is 57.3 Å². The predicted octanol–water partition coefficient (Wildman–Crippen LogP) is 7.00. The molecule has 0 N–H and O–H groups in total. The van der Waals surface area contributed by atoms with Crippen LogP contribution in [0.2, 0.25) is 0 Å². The Labute approximate surface area is 252 Å². The van der Waals surface area contributed by atoms with Gasteiger partial charge in [-0.2, -0.15) is 0 Å². The lowest BCUT2D eigenvalue weighted by molar-refractivity contribution is 0.0811. The number of ether oxygens (including phenoxy) is 2. The number of thiocarbonyl (C=S) groups is 2. The Morgan fingerprint density at radius 2 is 0.952 bits per heavy atom. The van der Waals surface area contributed by atoms with E-state index in [0.717, 1.165) is 9.73 Å². The van der Waals surface area contributed by atoms with Crippen molar-refractivity contribution in [2.75, 3.05) is 0 Å². The fraction of sp³-hybridized carbons (Fsp3) is 0.0588. The van der Waals surface area contributed by atoms with Gasteiger partial charge in [-0.1, -0.05) is 66.9 Å². The topological polar surface area (TPSA) is 86.7 Å². The maximum absolute atomic E-state index is 13.3. The van der Waals surface area contributed by atoms with Crippen LogP contribution in [0.15, 0.2) is 121 Å². The third-order valence-electron chi connectivity index (χ3n) is 6.39. The average molecular weight is 591 g/mol. The molecular weight excluding hydrogens is 569 g/mol. The molecule has 0 aromatic heterocycles. The Hall–Kier alpha value is -4.92. The van der Waals surface area contributed by atoms with Gasteiger partial charge in [0, 0.05) is 33.7 Å². The fourth-order valence-corrected chi connectivity index (χ4v) is 4.53. The van der Waals surface area contributed by atoms with Crippen LogP contribution < -0.4 is 9.47 Å². The Kier molecular flexibility index (Phi) is 8.66. The number of rotatable bonds is 10. The largest absolute Gasteiger partial charge is 0.457 e. The minimum atomic E-state index is -0.847. The van der Waals surface area contributed by atoms with Crippen LogP contribution in [0.3, 0.4) is 0 Å². The zero-order valence-electron chi connectivity index (χ0n) is 22.1. The molecule has 0 unspecified atom stereocenters. The van der Waals surface area contributed by atoms with E-state index in [1.54, 1.807) is 72.9 Å². The van der Waals surface area contributed by atoms with E-state index >= 15 is 0 Å². The molecule has 6 nitrogen and oxygen atoms in total. The highest BCUT2D eigenvalue weighted by Crippen LogP contribution is 2.26. The van der Waals surface area contributed by atoms with E-state index in [-0.39, 0.29) is 33.8 Å². The highest BCUT2D eigenvalue weighted by atomic mass is 32.1. The van der Waals surface area contributed by atoms with Crippen LogP contribution >= 0.6 is 24.4 Å². The second-order valence-electron chi connectivity index (χ2n) is 9.31. The predicted molar refractivity (Wildman–Crippen MR) is 167 cm³/mol. The van der Waals surface area contributed by atoms with Gasteiger partial charge in [0.2, 0.25) is 23.1 Å². The molecule has 0 heterocycles. The number of carbonyl (C=O) groups is 4. The van der Waals surface area contributed by atoms with Gasteiger partial charge in [0.1, 0.15) is 23.0 Å². The van der Waals surface area contributed by atoms with Gasteiger partial charge < -0.3 is 9.47 Å². The molecule has 2 aliphatic rings. The molecule has 0 bridgehead atoms. The first-order valence-electron chi connectivity index (χ1n) is 12.9. The maximum Gasteiger partial charge on any atom is 0.237 e. The van der Waals surface area contributed by atoms with E-state index in [2.05, 4.69) is 0 Å². The van der Waals surface area contributed by atoms with E-state index in [4.69, 9.17) is 33.9 Å². The molecule has 0 radical (unpaired) electrons. The molecule has 8 heteroatoms. The monoisotopic (exact) mass is 590 g/mol. The minimum absolute atomic E-state index is 0.0337. The SMILES string of the molecule is O=C(C(=O)c1ccccc1OC1=CCC(=S)C=C1)c1cccc(C(=O)C(=O)c2ccccc2OC2=CCC(=S)C=C2)c1. The first-order valence-corrected chi connectivity index (χ1v) is 13.8. The van der Waals surface area contributed by atoms with E-state index < -0.39 is 23.1 Å². The summed E-state index contributed by atoms with van der Waals surface area (Å²) in [5, 5.41) is 0. The molecule has 206 valence electrons. The number of allylic oxidation sites excluding steroid dienone is 6. The number of para-hydroxylation sites is 2. The third-order valence-corrected chi connectivity index (χ3v) is 7.00. The third kappa shape index (κ3) is 6.52. The summed E-state index contributed by atoms with van der Waals surface area (Å²) in [6.45, 7) is 0. The number of hydrogen-bond donors (Lipinski definition) is 0. The van der Waals surface area contributed by atoms with Gasteiger partial charge in [-0.05, 0) is 66.8 Å². The Balaban J connectivity index is 1.35. The lowest BCUT2D eigenvalue weighted by Crippen LogP contribution is -2.19. The highest BCUT2D eigenvalue weighted by molar-refractivity contribution is 7.81. The van der Waals surface area contributed by atoms with Crippen molar-refractivity contribution in [1.29, 1.82) is 0 Å². The molecule has 0 saturated heterocycles. The van der Waals surface area contributed by atoms with Gasteiger partial charge in [0.05, 0.1) is 11.1 Å². The Morgan fingerprint density at radius 1 is 0.524 bits per heavy atom. The molecule has 5 rings (SSSR count). The van der Waals surface area contributed by atoms with Crippen molar-refractivity contribution < 1.29 is 28.7 Å². The lowest BCUT2D eigenvalue weighted by Gasteiger charge is -2.13. The van der Waals surface area contributed by atoms with Crippen molar-refractivity contribution in [3.63, 3.8) is 0 Å². The van der Waals surface area contributed by atoms with Crippen LogP contribution in [0.1, 0.15) is 54.3 Å². The summed E-state index contributed by atoms with van der Waals surface area (Å²) in [4.78, 5) is 54.6. The van der Waals surface area contributed by atoms with Crippen molar-refractivity contribution in [1.82, 2.24) is 0 Å². The fourth-order valence-electron chi connectivity index (χ4n) is 4.22. The number of benzene rings is 3. The smallest absolute Gasteiger partial charge is 0.237 e. The molecule has 0 saturated carbocycles. The Morgan fingerprint density at radius 3 is 1.36 bits per heavy atom. The summed E-state index contributed by atoms with van der Waals surface area (Å²) in [6, 6.07) is 18.3. The van der Waals surface area contributed by atoms with E-state index in [9.17, 15) is 19.2 Å². The van der Waals surface area contributed by atoms with Crippen molar-refractivity contribution in [2.45, 2.75) is 12.8 Å². The molecule has 0 spiro atoms. The lowest BCUT2D eigenvalue weighted by atomic mass is 9.96. The summed E-state index contributed by atoms with van der Waals surface area (Å²) in [7, 11) is 0. The molecule has 0 amide bonds. The normalized spacial score (nSPS) is 14.1. The average Bonchev–Trinajstić information content (AvgIpc) is 3.02. The summed E-state index contributed by atoms with van der Waals surface area (Å²) in [6.07, 6.45) is 11.5. The first kappa shape index (κ1) is 28.6. The summed E-state index contributed by atoms with van der Waals surface area (Å²) >= 11 is 10.3. The quantitative estimate of drug-likeness (QED) is 0.142. The van der Waals surface area contributed by atoms with Crippen molar-refractivity contribution in [2.24, 2.45) is 0 Å². The second kappa shape index (κ2) is 12.7.